The van der Waals surface area contributed by atoms with E-state index < -0.39 is 5.97 Å². The fourth-order valence-corrected chi connectivity index (χ4v) is 1.99. The summed E-state index contributed by atoms with van der Waals surface area (Å²) in [5.41, 5.74) is 0.0721. The van der Waals surface area contributed by atoms with E-state index in [4.69, 9.17) is 21.4 Å². The number of hydrogen-bond donors (Lipinski definition) is 1. The maximum absolute atomic E-state index is 10.9. The van der Waals surface area contributed by atoms with E-state index in [9.17, 15) is 4.79 Å². The van der Waals surface area contributed by atoms with Crippen molar-refractivity contribution in [1.29, 1.82) is 0 Å². The number of carbonyl (C=O) groups is 1. The lowest BCUT2D eigenvalue weighted by Crippen LogP contribution is -2.04. The first-order valence-corrected chi connectivity index (χ1v) is 5.58. The van der Waals surface area contributed by atoms with Gasteiger partial charge in [0.1, 0.15) is 11.3 Å². The molecule has 1 aromatic carbocycles. The topological polar surface area (TPSA) is 46.5 Å². The van der Waals surface area contributed by atoms with E-state index in [1.54, 1.807) is 6.07 Å². The number of rotatable bonds is 4. The zero-order valence-electron chi connectivity index (χ0n) is 8.09. The summed E-state index contributed by atoms with van der Waals surface area (Å²) in [6.07, 6.45) is 0.814. The van der Waals surface area contributed by atoms with Gasteiger partial charge in [-0.15, -0.1) is 0 Å². The fraction of sp³-hybridized carbons (Fsp3) is 0.300. The Hall–Kier alpha value is -0.740. The maximum Gasteiger partial charge on any atom is 0.339 e. The Morgan fingerprint density at radius 2 is 2.27 bits per heavy atom. The first-order chi connectivity index (χ1) is 7.06. The molecule has 0 aliphatic heterocycles. The Morgan fingerprint density at radius 1 is 1.60 bits per heavy atom. The van der Waals surface area contributed by atoms with Gasteiger partial charge in [-0.2, -0.15) is 0 Å². The van der Waals surface area contributed by atoms with Gasteiger partial charge in [0.25, 0.3) is 0 Å². The number of ether oxygens (including phenoxy) is 1. The van der Waals surface area contributed by atoms with Gasteiger partial charge in [0.2, 0.25) is 0 Å². The monoisotopic (exact) mass is 292 g/mol. The zero-order chi connectivity index (χ0) is 11.4. The summed E-state index contributed by atoms with van der Waals surface area (Å²) in [5.74, 6) is -0.724. The molecule has 0 saturated heterocycles. The van der Waals surface area contributed by atoms with Gasteiger partial charge in [-0.3, -0.25) is 0 Å². The van der Waals surface area contributed by atoms with Crippen LogP contribution in [0.3, 0.4) is 0 Å². The second kappa shape index (κ2) is 5.37. The third-order valence-electron chi connectivity index (χ3n) is 1.69. The van der Waals surface area contributed by atoms with Crippen LogP contribution in [-0.4, -0.2) is 17.7 Å². The van der Waals surface area contributed by atoms with Crippen LogP contribution in [0.2, 0.25) is 5.02 Å². The second-order valence-corrected chi connectivity index (χ2v) is 4.21. The number of halogens is 2. The summed E-state index contributed by atoms with van der Waals surface area (Å²) in [7, 11) is 0. The quantitative estimate of drug-likeness (QED) is 0.923. The summed E-state index contributed by atoms with van der Waals surface area (Å²) in [6, 6.07) is 2.98. The summed E-state index contributed by atoms with van der Waals surface area (Å²) >= 11 is 8.97. The maximum atomic E-state index is 10.9. The summed E-state index contributed by atoms with van der Waals surface area (Å²) in [5, 5.41) is 9.32. The zero-order valence-corrected chi connectivity index (χ0v) is 10.4. The van der Waals surface area contributed by atoms with Crippen LogP contribution in [0.25, 0.3) is 0 Å². The van der Waals surface area contributed by atoms with Gasteiger partial charge in [-0.25, -0.2) is 4.79 Å². The molecule has 1 aromatic rings. The molecule has 0 aliphatic rings. The summed E-state index contributed by atoms with van der Waals surface area (Å²) in [4.78, 5) is 10.9. The molecule has 15 heavy (non-hydrogen) atoms. The minimum Gasteiger partial charge on any atom is -0.492 e. The average Bonchev–Trinajstić information content (AvgIpc) is 2.15. The molecule has 0 aliphatic carbocycles. The van der Waals surface area contributed by atoms with E-state index in [0.717, 1.165) is 6.42 Å². The third kappa shape index (κ3) is 3.11. The van der Waals surface area contributed by atoms with Crippen molar-refractivity contribution in [3.05, 3.63) is 27.2 Å². The molecule has 5 heteroatoms. The van der Waals surface area contributed by atoms with Crippen LogP contribution in [0.1, 0.15) is 23.7 Å². The van der Waals surface area contributed by atoms with Crippen LogP contribution < -0.4 is 4.74 Å². The van der Waals surface area contributed by atoms with Gasteiger partial charge in [-0.1, -0.05) is 18.5 Å². The van der Waals surface area contributed by atoms with Gasteiger partial charge in [0, 0.05) is 5.02 Å². The van der Waals surface area contributed by atoms with Crippen LogP contribution in [0, 0.1) is 0 Å². The first kappa shape index (κ1) is 12.3. The van der Waals surface area contributed by atoms with Gasteiger partial charge in [-0.05, 0) is 34.5 Å². The molecular formula is C10H10BrClO3. The van der Waals surface area contributed by atoms with Crippen LogP contribution in [0.5, 0.6) is 5.75 Å². The highest BCUT2D eigenvalue weighted by atomic mass is 79.9. The number of hydrogen-bond acceptors (Lipinski definition) is 2. The van der Waals surface area contributed by atoms with Crippen molar-refractivity contribution in [2.45, 2.75) is 13.3 Å². The van der Waals surface area contributed by atoms with Crippen LogP contribution in [-0.2, 0) is 0 Å². The summed E-state index contributed by atoms with van der Waals surface area (Å²) < 4.78 is 5.90. The Labute approximate surface area is 101 Å². The Kier molecular flexibility index (Phi) is 4.42. The second-order valence-electron chi connectivity index (χ2n) is 2.92. The van der Waals surface area contributed by atoms with E-state index in [0.29, 0.717) is 21.9 Å². The molecule has 3 nitrogen and oxygen atoms in total. The smallest absolute Gasteiger partial charge is 0.339 e. The van der Waals surface area contributed by atoms with Gasteiger partial charge < -0.3 is 9.84 Å². The van der Waals surface area contributed by atoms with Crippen LogP contribution in [0.15, 0.2) is 16.6 Å². The van der Waals surface area contributed by atoms with E-state index in [1.165, 1.54) is 6.07 Å². The highest BCUT2D eigenvalue weighted by molar-refractivity contribution is 9.10. The van der Waals surface area contributed by atoms with E-state index in [-0.39, 0.29) is 5.56 Å². The molecule has 0 amide bonds. The first-order valence-electron chi connectivity index (χ1n) is 4.41. The molecule has 1 rings (SSSR count). The number of carboxylic acid groups (broad SMARTS) is 1. The SMILES string of the molecule is CCCOc1c(Br)cc(Cl)cc1C(=O)O. The largest absolute Gasteiger partial charge is 0.492 e. The minimum absolute atomic E-state index is 0.0721. The molecular weight excluding hydrogens is 283 g/mol. The molecule has 0 radical (unpaired) electrons. The molecule has 0 bridgehead atoms. The normalized spacial score (nSPS) is 10.1. The Morgan fingerprint density at radius 3 is 2.80 bits per heavy atom. The van der Waals surface area contributed by atoms with Crippen LogP contribution in [0.4, 0.5) is 0 Å². The summed E-state index contributed by atoms with van der Waals surface area (Å²) in [6.45, 7) is 2.42. The van der Waals surface area contributed by atoms with Crippen molar-refractivity contribution in [3.63, 3.8) is 0 Å². The van der Waals surface area contributed by atoms with E-state index in [1.807, 2.05) is 6.92 Å². The van der Waals surface area contributed by atoms with Crippen molar-refractivity contribution in [1.82, 2.24) is 0 Å². The predicted octanol–water partition coefficient (Wildman–Crippen LogP) is 3.59. The lowest BCUT2D eigenvalue weighted by Gasteiger charge is -2.10. The number of carboxylic acids is 1. The third-order valence-corrected chi connectivity index (χ3v) is 2.50. The predicted molar refractivity (Wildman–Crippen MR) is 61.9 cm³/mol. The van der Waals surface area contributed by atoms with Crippen molar-refractivity contribution in [2.24, 2.45) is 0 Å². The fourth-order valence-electron chi connectivity index (χ4n) is 1.07. The van der Waals surface area contributed by atoms with Crippen LogP contribution >= 0.6 is 27.5 Å². The van der Waals surface area contributed by atoms with Crippen molar-refractivity contribution < 1.29 is 14.6 Å². The molecule has 0 aromatic heterocycles. The molecule has 0 fully saturated rings. The van der Waals surface area contributed by atoms with E-state index >= 15 is 0 Å². The van der Waals surface area contributed by atoms with E-state index in [2.05, 4.69) is 15.9 Å². The molecule has 1 N–H and O–H groups in total. The number of aromatic carboxylic acids is 1. The van der Waals surface area contributed by atoms with Crippen molar-refractivity contribution >= 4 is 33.5 Å². The number of benzene rings is 1. The van der Waals surface area contributed by atoms with Gasteiger partial charge in [0.15, 0.2) is 0 Å². The molecule has 0 atom stereocenters. The van der Waals surface area contributed by atoms with Gasteiger partial charge >= 0.3 is 5.97 Å². The lowest BCUT2D eigenvalue weighted by atomic mass is 10.2. The molecule has 0 spiro atoms. The molecule has 0 heterocycles. The molecule has 82 valence electrons. The standard InChI is InChI=1S/C10H10BrClO3/c1-2-3-15-9-7(10(13)14)4-6(12)5-8(9)11/h4-5H,2-3H2,1H3,(H,13,14). The van der Waals surface area contributed by atoms with Crippen molar-refractivity contribution in [3.8, 4) is 5.75 Å². The Bertz CT molecular complexity index is 379. The van der Waals surface area contributed by atoms with Crippen molar-refractivity contribution in [2.75, 3.05) is 6.61 Å². The highest BCUT2D eigenvalue weighted by Gasteiger charge is 2.15. The van der Waals surface area contributed by atoms with Gasteiger partial charge in [0.05, 0.1) is 11.1 Å². The lowest BCUT2D eigenvalue weighted by molar-refractivity contribution is 0.0692. The minimum atomic E-state index is -1.05. The molecule has 0 unspecified atom stereocenters. The molecule has 0 saturated carbocycles. The Balaban J connectivity index is 3.15. The average molecular weight is 294 g/mol. The highest BCUT2D eigenvalue weighted by Crippen LogP contribution is 2.32.